The van der Waals surface area contributed by atoms with E-state index in [1.54, 1.807) is 32.2 Å². The van der Waals surface area contributed by atoms with Crippen LogP contribution >= 0.6 is 15.9 Å². The summed E-state index contributed by atoms with van der Waals surface area (Å²) in [5, 5.41) is 10.1. The van der Waals surface area contributed by atoms with Gasteiger partial charge in [-0.3, -0.25) is 4.79 Å². The van der Waals surface area contributed by atoms with E-state index in [2.05, 4.69) is 20.7 Å². The van der Waals surface area contributed by atoms with E-state index in [0.717, 1.165) is 4.47 Å². The Morgan fingerprint density at radius 1 is 1.44 bits per heavy atom. The van der Waals surface area contributed by atoms with Crippen LogP contribution in [0.15, 0.2) is 22.7 Å². The summed E-state index contributed by atoms with van der Waals surface area (Å²) in [6.45, 7) is 1.73. The van der Waals surface area contributed by atoms with Crippen LogP contribution in [0.1, 0.15) is 25.0 Å². The predicted molar refractivity (Wildman–Crippen MR) is 71.5 cm³/mol. The second kappa shape index (κ2) is 6.75. The van der Waals surface area contributed by atoms with Gasteiger partial charge in [0.25, 0.3) is 0 Å². The number of carbonyl (C=O) groups excluding carboxylic acids is 1. The SMILES string of the molecule is COC(=O)C(C)CC(O)c1cc(OC)ccc1Br. The average molecular weight is 317 g/mol. The van der Waals surface area contributed by atoms with E-state index in [-0.39, 0.29) is 11.9 Å². The number of aliphatic hydroxyl groups excluding tert-OH is 1. The molecule has 0 aliphatic heterocycles. The molecule has 4 nitrogen and oxygen atoms in total. The Morgan fingerprint density at radius 3 is 2.67 bits per heavy atom. The first-order chi connectivity index (χ1) is 8.49. The van der Waals surface area contributed by atoms with Crippen molar-refractivity contribution in [2.75, 3.05) is 14.2 Å². The van der Waals surface area contributed by atoms with Crippen molar-refractivity contribution in [2.45, 2.75) is 19.4 Å². The zero-order valence-electron chi connectivity index (χ0n) is 10.6. The Kier molecular flexibility index (Phi) is 5.62. The summed E-state index contributed by atoms with van der Waals surface area (Å²) in [5.41, 5.74) is 0.699. The van der Waals surface area contributed by atoms with E-state index < -0.39 is 6.10 Å². The summed E-state index contributed by atoms with van der Waals surface area (Å²) in [7, 11) is 2.91. The van der Waals surface area contributed by atoms with Gasteiger partial charge in [0, 0.05) is 4.47 Å². The van der Waals surface area contributed by atoms with Crippen LogP contribution in [0, 0.1) is 5.92 Å². The van der Waals surface area contributed by atoms with Gasteiger partial charge in [0.2, 0.25) is 0 Å². The van der Waals surface area contributed by atoms with Crippen LogP contribution in [0.4, 0.5) is 0 Å². The summed E-state index contributed by atoms with van der Waals surface area (Å²) < 4.78 is 10.5. The molecule has 0 radical (unpaired) electrons. The van der Waals surface area contributed by atoms with Crippen molar-refractivity contribution in [3.8, 4) is 5.75 Å². The molecule has 2 unspecified atom stereocenters. The van der Waals surface area contributed by atoms with Gasteiger partial charge in [-0.25, -0.2) is 0 Å². The molecule has 1 rings (SSSR count). The van der Waals surface area contributed by atoms with Crippen LogP contribution < -0.4 is 4.74 Å². The van der Waals surface area contributed by atoms with Crippen LogP contribution in [-0.2, 0) is 9.53 Å². The van der Waals surface area contributed by atoms with Crippen molar-refractivity contribution in [3.05, 3.63) is 28.2 Å². The second-order valence-electron chi connectivity index (χ2n) is 4.06. The van der Waals surface area contributed by atoms with Gasteiger partial charge in [0.15, 0.2) is 0 Å². The minimum absolute atomic E-state index is 0.304. The van der Waals surface area contributed by atoms with E-state index in [4.69, 9.17) is 4.74 Å². The minimum atomic E-state index is -0.747. The smallest absolute Gasteiger partial charge is 0.308 e. The topological polar surface area (TPSA) is 55.8 Å². The largest absolute Gasteiger partial charge is 0.497 e. The predicted octanol–water partition coefficient (Wildman–Crippen LogP) is 2.69. The number of benzene rings is 1. The maximum absolute atomic E-state index is 11.3. The highest BCUT2D eigenvalue weighted by atomic mass is 79.9. The van der Waals surface area contributed by atoms with Gasteiger partial charge >= 0.3 is 5.97 Å². The summed E-state index contributed by atoms with van der Waals surface area (Å²) in [6.07, 6.45) is -0.443. The van der Waals surface area contributed by atoms with Gasteiger partial charge in [-0.15, -0.1) is 0 Å². The maximum atomic E-state index is 11.3. The Morgan fingerprint density at radius 2 is 2.11 bits per heavy atom. The van der Waals surface area contributed by atoms with Crippen LogP contribution in [0.5, 0.6) is 5.75 Å². The van der Waals surface area contributed by atoms with Gasteiger partial charge in [0.1, 0.15) is 5.75 Å². The second-order valence-corrected chi connectivity index (χ2v) is 4.92. The van der Waals surface area contributed by atoms with Crippen molar-refractivity contribution in [2.24, 2.45) is 5.92 Å². The number of carbonyl (C=O) groups is 1. The summed E-state index contributed by atoms with van der Waals surface area (Å²) in [5.74, 6) is -0.0193. The van der Waals surface area contributed by atoms with E-state index >= 15 is 0 Å². The van der Waals surface area contributed by atoms with Crippen molar-refractivity contribution < 1.29 is 19.4 Å². The molecule has 100 valence electrons. The first-order valence-corrected chi connectivity index (χ1v) is 6.38. The maximum Gasteiger partial charge on any atom is 0.308 e. The third kappa shape index (κ3) is 3.71. The lowest BCUT2D eigenvalue weighted by atomic mass is 9.98. The lowest BCUT2D eigenvalue weighted by Crippen LogP contribution is -2.16. The van der Waals surface area contributed by atoms with Gasteiger partial charge in [0.05, 0.1) is 26.2 Å². The molecule has 0 amide bonds. The molecule has 0 aliphatic carbocycles. The molecular weight excluding hydrogens is 300 g/mol. The van der Waals surface area contributed by atoms with Crippen molar-refractivity contribution >= 4 is 21.9 Å². The number of hydrogen-bond donors (Lipinski definition) is 1. The summed E-state index contributed by atoms with van der Waals surface area (Å²) in [4.78, 5) is 11.3. The number of rotatable bonds is 5. The average Bonchev–Trinajstić information content (AvgIpc) is 2.38. The van der Waals surface area contributed by atoms with E-state index in [1.165, 1.54) is 7.11 Å². The monoisotopic (exact) mass is 316 g/mol. The number of esters is 1. The molecule has 0 saturated carbocycles. The number of methoxy groups -OCH3 is 2. The molecule has 1 N–H and O–H groups in total. The minimum Gasteiger partial charge on any atom is -0.497 e. The van der Waals surface area contributed by atoms with Gasteiger partial charge < -0.3 is 14.6 Å². The molecular formula is C13H17BrO4. The Hall–Kier alpha value is -1.07. The van der Waals surface area contributed by atoms with Crippen LogP contribution in [0.3, 0.4) is 0 Å². The Labute approximate surface area is 115 Å². The molecule has 0 aliphatic rings. The number of hydrogen-bond acceptors (Lipinski definition) is 4. The summed E-state index contributed by atoms with van der Waals surface area (Å²) in [6, 6.07) is 5.35. The Bertz CT molecular complexity index is 419. The molecule has 1 aromatic rings. The zero-order chi connectivity index (χ0) is 13.7. The highest BCUT2D eigenvalue weighted by molar-refractivity contribution is 9.10. The van der Waals surface area contributed by atoms with Crippen molar-refractivity contribution in [3.63, 3.8) is 0 Å². The first-order valence-electron chi connectivity index (χ1n) is 5.59. The van der Waals surface area contributed by atoms with Gasteiger partial charge in [-0.1, -0.05) is 22.9 Å². The van der Waals surface area contributed by atoms with E-state index in [9.17, 15) is 9.90 Å². The Balaban J connectivity index is 2.83. The molecule has 0 bridgehead atoms. The summed E-state index contributed by atoms with van der Waals surface area (Å²) >= 11 is 3.37. The highest BCUT2D eigenvalue weighted by Crippen LogP contribution is 2.31. The van der Waals surface area contributed by atoms with E-state index in [0.29, 0.717) is 17.7 Å². The van der Waals surface area contributed by atoms with Gasteiger partial charge in [-0.2, -0.15) is 0 Å². The molecule has 0 heterocycles. The van der Waals surface area contributed by atoms with E-state index in [1.807, 2.05) is 0 Å². The van der Waals surface area contributed by atoms with Crippen LogP contribution in [-0.4, -0.2) is 25.3 Å². The molecule has 1 aromatic carbocycles. The lowest BCUT2D eigenvalue weighted by molar-refractivity contribution is -0.145. The van der Waals surface area contributed by atoms with Crippen LogP contribution in [0.2, 0.25) is 0 Å². The third-order valence-corrected chi connectivity index (χ3v) is 3.46. The van der Waals surface area contributed by atoms with Crippen molar-refractivity contribution in [1.29, 1.82) is 0 Å². The molecule has 0 saturated heterocycles. The third-order valence-electron chi connectivity index (χ3n) is 2.74. The van der Waals surface area contributed by atoms with Gasteiger partial charge in [-0.05, 0) is 30.2 Å². The number of halogens is 1. The number of ether oxygens (including phenoxy) is 2. The zero-order valence-corrected chi connectivity index (χ0v) is 12.2. The fourth-order valence-electron chi connectivity index (χ4n) is 1.66. The standard InChI is InChI=1S/C13H17BrO4/c1-8(13(16)18-3)6-12(15)10-7-9(17-2)4-5-11(10)14/h4-5,7-8,12,15H,6H2,1-3H3. The molecule has 2 atom stereocenters. The fourth-order valence-corrected chi connectivity index (χ4v) is 2.17. The van der Waals surface area contributed by atoms with Crippen molar-refractivity contribution in [1.82, 2.24) is 0 Å². The highest BCUT2D eigenvalue weighted by Gasteiger charge is 2.20. The normalized spacial score (nSPS) is 13.8. The lowest BCUT2D eigenvalue weighted by Gasteiger charge is -2.17. The molecule has 5 heteroatoms. The fraction of sp³-hybridized carbons (Fsp3) is 0.462. The van der Waals surface area contributed by atoms with Crippen LogP contribution in [0.25, 0.3) is 0 Å². The number of aliphatic hydroxyl groups is 1. The molecule has 0 aromatic heterocycles. The molecule has 18 heavy (non-hydrogen) atoms. The molecule has 0 spiro atoms. The quantitative estimate of drug-likeness (QED) is 0.849. The molecule has 0 fully saturated rings. The first kappa shape index (κ1) is 15.0.